The standard InChI is InChI=1S/C27H39N2.Ag.FH/c1-18(2)22-11-9-12-23(19(3)4)26(22)28-15-16-29(17-28)27-24(20(5)6)13-10-14-25(27)21(7)8;;/h9-14,17-21H,15-16H2,1-8H3;;1H/q-1;+1;/p-1. The van der Waals surface area contributed by atoms with Crippen molar-refractivity contribution in [1.82, 2.24) is 0 Å². The van der Waals surface area contributed by atoms with E-state index >= 15 is 0 Å². The second-order valence-electron chi connectivity index (χ2n) is 9.69. The summed E-state index contributed by atoms with van der Waals surface area (Å²) in [6, 6.07) is 13.7. The molecule has 0 aliphatic carbocycles. The van der Waals surface area contributed by atoms with Gasteiger partial charge in [0.1, 0.15) is 0 Å². The van der Waals surface area contributed by atoms with Crippen LogP contribution in [0.25, 0.3) is 0 Å². The van der Waals surface area contributed by atoms with Gasteiger partial charge in [-0.05, 0) is 45.9 Å². The molecule has 2 aromatic carbocycles. The molecule has 0 radical (unpaired) electrons. The zero-order valence-corrected chi connectivity index (χ0v) is 21.8. The van der Waals surface area contributed by atoms with Crippen molar-refractivity contribution in [1.29, 1.82) is 0 Å². The molecule has 0 atom stereocenters. The molecule has 2 aromatic rings. The number of hydrogen-bond donors (Lipinski definition) is 0. The van der Waals surface area contributed by atoms with Crippen LogP contribution in [0.3, 0.4) is 0 Å². The van der Waals surface area contributed by atoms with Gasteiger partial charge in [-0.1, -0.05) is 91.8 Å². The van der Waals surface area contributed by atoms with Crippen LogP contribution in [0.1, 0.15) is 101 Å². The van der Waals surface area contributed by atoms with Crippen molar-refractivity contribution >= 4 is 11.4 Å². The summed E-state index contributed by atoms with van der Waals surface area (Å²) in [6.07, 6.45) is 0. The summed E-state index contributed by atoms with van der Waals surface area (Å²) < 4.78 is 9.31. The molecule has 1 fully saturated rings. The van der Waals surface area contributed by atoms with Gasteiger partial charge in [0.25, 0.3) is 0 Å². The number of halogens is 1. The normalized spacial score (nSPS) is 14.2. The Labute approximate surface area is 202 Å². The summed E-state index contributed by atoms with van der Waals surface area (Å²) in [4.78, 5) is 5.01. The van der Waals surface area contributed by atoms with Gasteiger partial charge in [-0.25, -0.2) is 0 Å². The van der Waals surface area contributed by atoms with Crippen LogP contribution in [0.15, 0.2) is 36.4 Å². The average Bonchev–Trinajstić information content (AvgIpc) is 3.23. The molecule has 1 saturated heterocycles. The first-order valence-electron chi connectivity index (χ1n) is 11.5. The molecule has 0 spiro atoms. The summed E-state index contributed by atoms with van der Waals surface area (Å²) in [7, 11) is 0. The van der Waals surface area contributed by atoms with E-state index in [0.29, 0.717) is 23.7 Å². The minimum atomic E-state index is 0.514. The van der Waals surface area contributed by atoms with E-state index in [9.17, 15) is 3.02 Å². The van der Waals surface area contributed by atoms with Gasteiger partial charge in [-0.15, -0.1) is 0 Å². The van der Waals surface area contributed by atoms with Crippen LogP contribution in [0.5, 0.6) is 0 Å². The van der Waals surface area contributed by atoms with Crippen molar-refractivity contribution in [2.75, 3.05) is 22.9 Å². The van der Waals surface area contributed by atoms with E-state index in [1.165, 1.54) is 55.2 Å². The first-order chi connectivity index (χ1) is 14.7. The maximum absolute atomic E-state index is 9.31. The second kappa shape index (κ2) is 11.5. The number of anilines is 2. The summed E-state index contributed by atoms with van der Waals surface area (Å²) in [5.41, 5.74) is 8.67. The minimum absolute atomic E-state index is 0.514. The first-order valence-corrected chi connectivity index (χ1v) is 12.0. The van der Waals surface area contributed by atoms with Crippen molar-refractivity contribution in [3.05, 3.63) is 65.3 Å². The Balaban J connectivity index is 0.00000166. The fraction of sp³-hybridized carbons (Fsp3) is 0.519. The van der Waals surface area contributed by atoms with Crippen molar-refractivity contribution in [2.24, 2.45) is 0 Å². The Morgan fingerprint density at radius 2 is 0.871 bits per heavy atom. The Kier molecular flexibility index (Phi) is 9.67. The van der Waals surface area contributed by atoms with Gasteiger partial charge >= 0.3 is 24.6 Å². The van der Waals surface area contributed by atoms with E-state index in [-0.39, 0.29) is 0 Å². The third-order valence-corrected chi connectivity index (χ3v) is 6.12. The quantitative estimate of drug-likeness (QED) is 0.282. The average molecular weight is 518 g/mol. The van der Waals surface area contributed by atoms with Gasteiger partial charge in [0, 0.05) is 24.5 Å². The summed E-state index contributed by atoms with van der Waals surface area (Å²) >= 11 is 1.45. The number of rotatable bonds is 6. The van der Waals surface area contributed by atoms with Crippen LogP contribution < -0.4 is 9.80 Å². The van der Waals surface area contributed by atoms with E-state index in [0.717, 1.165) is 13.1 Å². The van der Waals surface area contributed by atoms with Crippen molar-refractivity contribution in [2.45, 2.75) is 79.1 Å². The fourth-order valence-corrected chi connectivity index (χ4v) is 4.53. The number of benzene rings is 2. The SMILES string of the molecule is CC(C)c1cccc(C(C)C)c1N1[CH-]N(c2c(C(C)C)cccc2C(C)C)CC1.[F][Ag]. The van der Waals surface area contributed by atoms with E-state index in [1.807, 2.05) is 0 Å². The van der Waals surface area contributed by atoms with Gasteiger partial charge in [0.2, 0.25) is 0 Å². The summed E-state index contributed by atoms with van der Waals surface area (Å²) in [5, 5.41) is 0. The van der Waals surface area contributed by atoms with Gasteiger partial charge in [-0.2, -0.15) is 6.67 Å². The molecule has 0 aromatic heterocycles. The molecule has 0 saturated carbocycles. The zero-order valence-electron chi connectivity index (χ0n) is 20.3. The molecule has 1 aliphatic heterocycles. The Bertz CT molecular complexity index is 723. The monoisotopic (exact) mass is 517 g/mol. The Morgan fingerprint density at radius 1 is 0.613 bits per heavy atom. The van der Waals surface area contributed by atoms with Gasteiger partial charge in [0.05, 0.1) is 0 Å². The zero-order chi connectivity index (χ0) is 23.3. The molecule has 0 unspecified atom stereocenters. The van der Waals surface area contributed by atoms with Gasteiger partial charge < -0.3 is 9.80 Å². The molecule has 1 heterocycles. The molecule has 4 heteroatoms. The van der Waals surface area contributed by atoms with Crippen LogP contribution in [0.4, 0.5) is 14.4 Å². The molecule has 31 heavy (non-hydrogen) atoms. The molecular weight excluding hydrogens is 479 g/mol. The molecule has 0 amide bonds. The van der Waals surface area contributed by atoms with Crippen LogP contribution >= 0.6 is 0 Å². The molecule has 3 rings (SSSR count). The molecule has 1 aliphatic rings. The Morgan fingerprint density at radius 3 is 1.10 bits per heavy atom. The summed E-state index contributed by atoms with van der Waals surface area (Å²) in [6.45, 7) is 22.9. The maximum atomic E-state index is 9.31. The second-order valence-corrected chi connectivity index (χ2v) is 9.69. The molecule has 176 valence electrons. The topological polar surface area (TPSA) is 6.48 Å². The third-order valence-electron chi connectivity index (χ3n) is 6.12. The van der Waals surface area contributed by atoms with E-state index < -0.39 is 0 Å². The van der Waals surface area contributed by atoms with Crippen molar-refractivity contribution in [3.8, 4) is 0 Å². The molecule has 2 nitrogen and oxygen atoms in total. The Hall–Kier alpha value is -1.29. The third kappa shape index (κ3) is 5.75. The van der Waals surface area contributed by atoms with Crippen molar-refractivity contribution in [3.63, 3.8) is 0 Å². The fourth-order valence-electron chi connectivity index (χ4n) is 4.53. The molecule has 0 N–H and O–H groups in total. The number of nitrogens with zero attached hydrogens (tertiary/aromatic N) is 2. The van der Waals surface area contributed by atoms with Crippen LogP contribution in [-0.2, 0) is 21.6 Å². The van der Waals surface area contributed by atoms with E-state index in [1.54, 1.807) is 0 Å². The number of para-hydroxylation sites is 2. The van der Waals surface area contributed by atoms with Crippen molar-refractivity contribution < 1.29 is 24.6 Å². The predicted octanol–water partition coefficient (Wildman–Crippen LogP) is 8.04. The number of hydrogen-bond acceptors (Lipinski definition) is 2. The van der Waals surface area contributed by atoms with Crippen LogP contribution in [0, 0.1) is 6.67 Å². The first kappa shape index (κ1) is 26.0. The van der Waals surface area contributed by atoms with E-state index in [4.69, 9.17) is 0 Å². The molecular formula is C27H39AgFN2-. The predicted molar refractivity (Wildman–Crippen MR) is 129 cm³/mol. The van der Waals surface area contributed by atoms with Gasteiger partial charge in [0.15, 0.2) is 0 Å². The molecule has 0 bridgehead atoms. The summed E-state index contributed by atoms with van der Waals surface area (Å²) in [5.74, 6) is 2.06. The van der Waals surface area contributed by atoms with Gasteiger partial charge in [-0.3, -0.25) is 0 Å². The van der Waals surface area contributed by atoms with E-state index in [2.05, 4.69) is 108 Å². The van der Waals surface area contributed by atoms with Crippen LogP contribution in [0.2, 0.25) is 0 Å². The van der Waals surface area contributed by atoms with Crippen LogP contribution in [-0.4, -0.2) is 13.1 Å².